The zero-order valence-corrected chi connectivity index (χ0v) is 17.2. The second kappa shape index (κ2) is 10.3. The number of halogens is 1. The number of aliphatic hydroxyl groups is 1. The highest BCUT2D eigenvalue weighted by Crippen LogP contribution is 2.26. The Morgan fingerprint density at radius 1 is 1.10 bits per heavy atom. The van der Waals surface area contributed by atoms with Gasteiger partial charge in [-0.2, -0.15) is 0 Å². The quantitative estimate of drug-likeness (QED) is 0.473. The van der Waals surface area contributed by atoms with Crippen molar-refractivity contribution in [3.05, 3.63) is 69.6 Å². The molecule has 1 unspecified atom stereocenters. The van der Waals surface area contributed by atoms with Gasteiger partial charge < -0.3 is 14.6 Å². The summed E-state index contributed by atoms with van der Waals surface area (Å²) in [5.74, 6) is -0.372. The Morgan fingerprint density at radius 3 is 2.43 bits per heavy atom. The van der Waals surface area contributed by atoms with E-state index in [2.05, 4.69) is 5.32 Å². The van der Waals surface area contributed by atoms with Gasteiger partial charge in [-0.1, -0.05) is 35.9 Å². The van der Waals surface area contributed by atoms with Gasteiger partial charge in [0.15, 0.2) is 0 Å². The zero-order valence-electron chi connectivity index (χ0n) is 15.7. The second-order valence-corrected chi connectivity index (χ2v) is 7.82. The molecule has 1 aliphatic rings. The number of carbonyl (C=O) groups is 3. The molecule has 1 heterocycles. The van der Waals surface area contributed by atoms with Gasteiger partial charge in [-0.25, -0.2) is 0 Å². The van der Waals surface area contributed by atoms with Gasteiger partial charge >= 0.3 is 5.97 Å². The number of aliphatic hydroxyl groups excluding tert-OH is 1. The molecule has 0 spiro atoms. The van der Waals surface area contributed by atoms with Crippen LogP contribution >= 0.6 is 23.4 Å². The van der Waals surface area contributed by atoms with Crippen LogP contribution in [0.2, 0.25) is 5.02 Å². The fourth-order valence-corrected chi connectivity index (χ4v) is 3.29. The highest BCUT2D eigenvalue weighted by molar-refractivity contribution is 8.18. The van der Waals surface area contributed by atoms with E-state index in [1.807, 2.05) is 0 Å². The van der Waals surface area contributed by atoms with Crippen LogP contribution in [-0.2, 0) is 20.7 Å². The number of amides is 2. The molecule has 0 saturated carbocycles. The maximum atomic E-state index is 11.8. The summed E-state index contributed by atoms with van der Waals surface area (Å²) in [6, 6.07) is 13.6. The molecule has 1 saturated heterocycles. The molecular weight excluding hydrogens is 430 g/mol. The smallest absolute Gasteiger partial charge is 0.310 e. The van der Waals surface area contributed by atoms with Gasteiger partial charge in [0.05, 0.1) is 11.3 Å². The third-order valence-electron chi connectivity index (χ3n) is 3.96. The van der Waals surface area contributed by atoms with Gasteiger partial charge in [0.25, 0.3) is 11.1 Å². The first kappa shape index (κ1) is 21.9. The van der Waals surface area contributed by atoms with Crippen LogP contribution in [0.25, 0.3) is 6.08 Å². The monoisotopic (exact) mass is 447 g/mol. The number of hydrogen-bond acceptors (Lipinski definition) is 7. The first-order chi connectivity index (χ1) is 14.4. The summed E-state index contributed by atoms with van der Waals surface area (Å²) in [6.45, 7) is -0.238. The highest BCUT2D eigenvalue weighted by atomic mass is 35.5. The van der Waals surface area contributed by atoms with E-state index in [1.165, 1.54) is 0 Å². The number of hydrogen-bond donors (Lipinski definition) is 2. The van der Waals surface area contributed by atoms with Gasteiger partial charge in [-0.3, -0.25) is 19.7 Å². The van der Waals surface area contributed by atoms with Crippen LogP contribution in [0.3, 0.4) is 0 Å². The van der Waals surface area contributed by atoms with Gasteiger partial charge in [0.2, 0.25) is 0 Å². The number of rotatable bonds is 8. The molecule has 3 rings (SSSR count). The van der Waals surface area contributed by atoms with Crippen molar-refractivity contribution in [3.8, 4) is 5.75 Å². The predicted octanol–water partition coefficient (Wildman–Crippen LogP) is 3.19. The van der Waals surface area contributed by atoms with E-state index >= 15 is 0 Å². The Hall–Kier alpha value is -2.81. The molecular formula is C21H18ClNO6S. The lowest BCUT2D eigenvalue weighted by atomic mass is 10.1. The molecule has 0 bridgehead atoms. The third-order valence-corrected chi connectivity index (χ3v) is 5.02. The molecule has 2 amide bonds. The molecule has 2 aromatic carbocycles. The predicted molar refractivity (Wildman–Crippen MR) is 113 cm³/mol. The molecule has 1 atom stereocenters. The van der Waals surface area contributed by atoms with Crippen molar-refractivity contribution in [1.82, 2.24) is 5.32 Å². The number of nitrogens with one attached hydrogen (secondary N) is 1. The van der Waals surface area contributed by atoms with Crippen molar-refractivity contribution < 1.29 is 29.0 Å². The van der Waals surface area contributed by atoms with Crippen molar-refractivity contribution in [2.45, 2.75) is 12.5 Å². The van der Waals surface area contributed by atoms with Crippen LogP contribution in [0.4, 0.5) is 4.79 Å². The number of thioether (sulfide) groups is 1. The maximum Gasteiger partial charge on any atom is 0.310 e. The Labute approximate surface area is 182 Å². The molecule has 1 fully saturated rings. The Bertz CT molecular complexity index is 958. The molecule has 2 N–H and O–H groups in total. The molecule has 7 nitrogen and oxygen atoms in total. The molecule has 0 aliphatic carbocycles. The summed E-state index contributed by atoms with van der Waals surface area (Å²) in [4.78, 5) is 34.9. The van der Waals surface area contributed by atoms with Gasteiger partial charge in [-0.15, -0.1) is 0 Å². The minimum atomic E-state index is -0.981. The summed E-state index contributed by atoms with van der Waals surface area (Å²) >= 11 is 6.64. The minimum absolute atomic E-state index is 0.0541. The standard InChI is InChI=1S/C21H18ClNO6S/c22-15-5-1-14(2-6-15)10-19(25)29-12-16(24)11-28-17-7-3-13(4-8-17)9-18-20(26)23-21(27)30-18/h1-9,16,24H,10-12H2,(H,23,26,27)/b18-9-. The largest absolute Gasteiger partial charge is 0.491 e. The van der Waals surface area contributed by atoms with Crippen LogP contribution in [-0.4, -0.2) is 41.5 Å². The van der Waals surface area contributed by atoms with Crippen molar-refractivity contribution in [2.75, 3.05) is 13.2 Å². The first-order valence-electron chi connectivity index (χ1n) is 8.95. The first-order valence-corrected chi connectivity index (χ1v) is 10.1. The highest BCUT2D eigenvalue weighted by Gasteiger charge is 2.24. The summed E-state index contributed by atoms with van der Waals surface area (Å²) in [5, 5.41) is 12.3. The van der Waals surface area contributed by atoms with Crippen LogP contribution in [0.1, 0.15) is 11.1 Å². The topological polar surface area (TPSA) is 102 Å². The summed E-state index contributed by atoms with van der Waals surface area (Å²) in [6.07, 6.45) is 0.707. The Kier molecular flexibility index (Phi) is 7.51. The second-order valence-electron chi connectivity index (χ2n) is 6.37. The van der Waals surface area contributed by atoms with E-state index < -0.39 is 23.2 Å². The number of benzene rings is 2. The number of carbonyl (C=O) groups excluding carboxylic acids is 3. The lowest BCUT2D eigenvalue weighted by molar-refractivity contribution is -0.146. The minimum Gasteiger partial charge on any atom is -0.491 e. The molecule has 30 heavy (non-hydrogen) atoms. The molecule has 9 heteroatoms. The molecule has 2 aromatic rings. The number of esters is 1. The molecule has 156 valence electrons. The van der Waals surface area contributed by atoms with E-state index in [1.54, 1.807) is 54.6 Å². The fourth-order valence-electron chi connectivity index (χ4n) is 2.48. The van der Waals surface area contributed by atoms with Gasteiger partial charge in [0, 0.05) is 5.02 Å². The average Bonchev–Trinajstić information content (AvgIpc) is 3.04. The normalized spacial score (nSPS) is 15.7. The van der Waals surface area contributed by atoms with Crippen molar-refractivity contribution in [2.24, 2.45) is 0 Å². The van der Waals surface area contributed by atoms with E-state index in [0.29, 0.717) is 15.7 Å². The number of ether oxygens (including phenoxy) is 2. The average molecular weight is 448 g/mol. The van der Waals surface area contributed by atoms with Crippen LogP contribution < -0.4 is 10.1 Å². The van der Waals surface area contributed by atoms with Crippen molar-refractivity contribution in [1.29, 1.82) is 0 Å². The van der Waals surface area contributed by atoms with Crippen LogP contribution in [0, 0.1) is 0 Å². The van der Waals surface area contributed by atoms with E-state index in [-0.39, 0.29) is 19.6 Å². The SMILES string of the molecule is O=C(Cc1ccc(Cl)cc1)OCC(O)COc1ccc(/C=C2\SC(=O)NC2=O)cc1. The Morgan fingerprint density at radius 2 is 1.80 bits per heavy atom. The van der Waals surface area contributed by atoms with Crippen LogP contribution in [0.5, 0.6) is 5.75 Å². The van der Waals surface area contributed by atoms with Crippen LogP contribution in [0.15, 0.2) is 53.4 Å². The van der Waals surface area contributed by atoms with Crippen molar-refractivity contribution >= 4 is 46.6 Å². The zero-order chi connectivity index (χ0) is 21.5. The Balaban J connectivity index is 1.41. The number of imide groups is 1. The summed E-state index contributed by atoms with van der Waals surface area (Å²) in [5.41, 5.74) is 1.49. The van der Waals surface area contributed by atoms with Crippen molar-refractivity contribution in [3.63, 3.8) is 0 Å². The fraction of sp³-hybridized carbons (Fsp3) is 0.190. The van der Waals surface area contributed by atoms with E-state index in [4.69, 9.17) is 21.1 Å². The lowest BCUT2D eigenvalue weighted by Gasteiger charge is -2.13. The summed E-state index contributed by atoms with van der Waals surface area (Å²) in [7, 11) is 0. The van der Waals surface area contributed by atoms with Gasteiger partial charge in [0.1, 0.15) is 25.1 Å². The maximum absolute atomic E-state index is 11.8. The van der Waals surface area contributed by atoms with E-state index in [0.717, 1.165) is 22.9 Å². The van der Waals surface area contributed by atoms with E-state index in [9.17, 15) is 19.5 Å². The molecule has 0 aromatic heterocycles. The van der Waals surface area contributed by atoms with Gasteiger partial charge in [-0.05, 0) is 53.2 Å². The lowest BCUT2D eigenvalue weighted by Crippen LogP contribution is -2.25. The molecule has 0 radical (unpaired) electrons. The summed E-state index contributed by atoms with van der Waals surface area (Å²) < 4.78 is 10.5. The third kappa shape index (κ3) is 6.62. The molecule has 1 aliphatic heterocycles.